The van der Waals surface area contributed by atoms with Gasteiger partial charge in [-0.2, -0.15) is 4.31 Å². The smallest absolute Gasteiger partial charge is 0.253 e. The molecule has 7 heteroatoms. The number of carbonyl (C=O) groups is 1. The fourth-order valence-electron chi connectivity index (χ4n) is 2.53. The molecule has 3 rings (SSSR count). The number of halogens is 1. The van der Waals surface area contributed by atoms with Crippen molar-refractivity contribution in [2.24, 2.45) is 0 Å². The fourth-order valence-corrected chi connectivity index (χ4v) is 4.54. The Morgan fingerprint density at radius 3 is 2.38 bits per heavy atom. The van der Waals surface area contributed by atoms with E-state index in [4.69, 9.17) is 11.6 Å². The standard InChI is InChI=1S/C14H17ClN2O3S/c15-12-3-1-2-11(10-12)14(18)16-6-8-17(9-7-16)21(19,20)13-4-5-13/h1-3,10,13H,4-9H2. The van der Waals surface area contributed by atoms with Crippen molar-refractivity contribution in [2.45, 2.75) is 18.1 Å². The Morgan fingerprint density at radius 1 is 1.14 bits per heavy atom. The monoisotopic (exact) mass is 328 g/mol. The summed E-state index contributed by atoms with van der Waals surface area (Å²) in [5, 5.41) is 0.337. The van der Waals surface area contributed by atoms with E-state index in [1.165, 1.54) is 4.31 Å². The van der Waals surface area contributed by atoms with Crippen LogP contribution in [0.1, 0.15) is 23.2 Å². The molecule has 0 aromatic heterocycles. The van der Waals surface area contributed by atoms with E-state index in [0.29, 0.717) is 36.8 Å². The molecule has 0 radical (unpaired) electrons. The summed E-state index contributed by atoms with van der Waals surface area (Å²) in [5.41, 5.74) is 0.543. The number of piperazine rings is 1. The van der Waals surface area contributed by atoms with E-state index in [0.717, 1.165) is 12.8 Å². The molecule has 2 fully saturated rings. The quantitative estimate of drug-likeness (QED) is 0.846. The van der Waals surface area contributed by atoms with Crippen molar-refractivity contribution in [3.8, 4) is 0 Å². The predicted molar refractivity (Wildman–Crippen MR) is 80.9 cm³/mol. The molecule has 114 valence electrons. The molecule has 1 aromatic carbocycles. The summed E-state index contributed by atoms with van der Waals surface area (Å²) in [6, 6.07) is 6.82. The van der Waals surface area contributed by atoms with Crippen molar-refractivity contribution in [3.63, 3.8) is 0 Å². The van der Waals surface area contributed by atoms with Gasteiger partial charge in [-0.3, -0.25) is 4.79 Å². The number of sulfonamides is 1. The lowest BCUT2D eigenvalue weighted by Gasteiger charge is -2.34. The van der Waals surface area contributed by atoms with Crippen LogP contribution in [0.3, 0.4) is 0 Å². The van der Waals surface area contributed by atoms with Crippen LogP contribution in [0.2, 0.25) is 5.02 Å². The van der Waals surface area contributed by atoms with Crippen molar-refractivity contribution in [1.29, 1.82) is 0 Å². The van der Waals surface area contributed by atoms with Gasteiger partial charge in [-0.05, 0) is 31.0 Å². The second-order valence-corrected chi connectivity index (χ2v) is 8.10. The first-order valence-corrected chi connectivity index (χ1v) is 8.90. The Labute approximate surface area is 129 Å². The van der Waals surface area contributed by atoms with E-state index in [-0.39, 0.29) is 11.2 Å². The molecule has 0 atom stereocenters. The summed E-state index contributed by atoms with van der Waals surface area (Å²) >= 11 is 5.89. The Hall–Kier alpha value is -1.11. The minimum atomic E-state index is -3.14. The van der Waals surface area contributed by atoms with E-state index >= 15 is 0 Å². The number of rotatable bonds is 3. The molecule has 2 aliphatic rings. The third kappa shape index (κ3) is 3.07. The summed E-state index contributed by atoms with van der Waals surface area (Å²) < 4.78 is 25.8. The fraction of sp³-hybridized carbons (Fsp3) is 0.500. The van der Waals surface area contributed by atoms with Gasteiger partial charge >= 0.3 is 0 Å². The number of benzene rings is 1. The van der Waals surface area contributed by atoms with Crippen LogP contribution in [0.25, 0.3) is 0 Å². The third-order valence-corrected chi connectivity index (χ3v) is 6.54. The van der Waals surface area contributed by atoms with E-state index in [1.807, 2.05) is 0 Å². The van der Waals surface area contributed by atoms with E-state index in [9.17, 15) is 13.2 Å². The lowest BCUT2D eigenvalue weighted by molar-refractivity contribution is 0.0698. The van der Waals surface area contributed by atoms with Gasteiger partial charge in [0.15, 0.2) is 0 Å². The van der Waals surface area contributed by atoms with Gasteiger partial charge in [0.05, 0.1) is 5.25 Å². The van der Waals surface area contributed by atoms with Crippen LogP contribution in [0, 0.1) is 0 Å². The summed E-state index contributed by atoms with van der Waals surface area (Å²) in [6.07, 6.45) is 1.54. The molecule has 1 aliphatic carbocycles. The normalized spacial score (nSPS) is 20.5. The molecule has 0 spiro atoms. The van der Waals surface area contributed by atoms with Gasteiger partial charge in [0, 0.05) is 36.8 Å². The Morgan fingerprint density at radius 2 is 1.81 bits per heavy atom. The summed E-state index contributed by atoms with van der Waals surface area (Å²) in [5.74, 6) is -0.0963. The van der Waals surface area contributed by atoms with Crippen molar-refractivity contribution in [1.82, 2.24) is 9.21 Å². The lowest BCUT2D eigenvalue weighted by atomic mass is 10.2. The highest BCUT2D eigenvalue weighted by Gasteiger charge is 2.41. The van der Waals surface area contributed by atoms with Gasteiger partial charge in [0.2, 0.25) is 10.0 Å². The van der Waals surface area contributed by atoms with E-state index in [1.54, 1.807) is 29.2 Å². The Bertz CT molecular complexity index is 650. The van der Waals surface area contributed by atoms with Gasteiger partial charge < -0.3 is 4.90 Å². The van der Waals surface area contributed by atoms with Crippen molar-refractivity contribution in [2.75, 3.05) is 26.2 Å². The number of nitrogens with zero attached hydrogens (tertiary/aromatic N) is 2. The van der Waals surface area contributed by atoms with Crippen molar-refractivity contribution < 1.29 is 13.2 Å². The number of amides is 1. The first-order chi connectivity index (χ1) is 9.98. The average Bonchev–Trinajstić information content (AvgIpc) is 3.32. The largest absolute Gasteiger partial charge is 0.336 e. The van der Waals surface area contributed by atoms with Crippen LogP contribution in [0.4, 0.5) is 0 Å². The SMILES string of the molecule is O=C(c1cccc(Cl)c1)N1CCN(S(=O)(=O)C2CC2)CC1. The molecule has 1 heterocycles. The zero-order valence-corrected chi connectivity index (χ0v) is 13.1. The molecule has 21 heavy (non-hydrogen) atoms. The number of hydrogen-bond donors (Lipinski definition) is 0. The highest BCUT2D eigenvalue weighted by molar-refractivity contribution is 7.90. The first kappa shape index (κ1) is 14.8. The molecule has 1 aromatic rings. The van der Waals surface area contributed by atoms with E-state index in [2.05, 4.69) is 0 Å². The molecule has 1 saturated heterocycles. The van der Waals surface area contributed by atoms with Gasteiger partial charge in [-0.25, -0.2) is 8.42 Å². The lowest BCUT2D eigenvalue weighted by Crippen LogP contribution is -2.51. The van der Waals surface area contributed by atoms with Crippen LogP contribution < -0.4 is 0 Å². The van der Waals surface area contributed by atoms with Crippen molar-refractivity contribution in [3.05, 3.63) is 34.9 Å². The topological polar surface area (TPSA) is 57.7 Å². The van der Waals surface area contributed by atoms with Gasteiger partial charge in [-0.1, -0.05) is 17.7 Å². The maximum absolute atomic E-state index is 12.4. The summed E-state index contributed by atoms with van der Waals surface area (Å²) in [6.45, 7) is 1.62. The van der Waals surface area contributed by atoms with Crippen LogP contribution >= 0.6 is 11.6 Å². The molecule has 0 unspecified atom stereocenters. The zero-order valence-electron chi connectivity index (χ0n) is 11.5. The maximum Gasteiger partial charge on any atom is 0.253 e. The predicted octanol–water partition coefficient (Wildman–Crippen LogP) is 1.59. The second kappa shape index (κ2) is 5.59. The van der Waals surface area contributed by atoms with E-state index < -0.39 is 10.0 Å². The highest BCUT2D eigenvalue weighted by Crippen LogP contribution is 2.31. The number of carbonyl (C=O) groups excluding carboxylic acids is 1. The van der Waals surface area contributed by atoms with Gasteiger partial charge in [0.25, 0.3) is 5.91 Å². The molecule has 0 bridgehead atoms. The molecule has 1 saturated carbocycles. The van der Waals surface area contributed by atoms with Crippen LogP contribution in [-0.4, -0.2) is 55.0 Å². The Kier molecular flexibility index (Phi) is 3.94. The first-order valence-electron chi connectivity index (χ1n) is 7.02. The molecule has 5 nitrogen and oxygen atoms in total. The molecule has 1 amide bonds. The summed E-state index contributed by atoms with van der Waals surface area (Å²) in [7, 11) is -3.14. The van der Waals surface area contributed by atoms with Crippen LogP contribution in [0.5, 0.6) is 0 Å². The minimum absolute atomic E-state index is 0.0963. The zero-order chi connectivity index (χ0) is 15.0. The molecular weight excluding hydrogens is 312 g/mol. The van der Waals surface area contributed by atoms with Gasteiger partial charge in [0.1, 0.15) is 0 Å². The van der Waals surface area contributed by atoms with Crippen molar-refractivity contribution >= 4 is 27.5 Å². The van der Waals surface area contributed by atoms with Gasteiger partial charge in [-0.15, -0.1) is 0 Å². The summed E-state index contributed by atoms with van der Waals surface area (Å²) in [4.78, 5) is 14.0. The minimum Gasteiger partial charge on any atom is -0.336 e. The Balaban J connectivity index is 1.64. The highest BCUT2D eigenvalue weighted by atomic mass is 35.5. The second-order valence-electron chi connectivity index (χ2n) is 5.45. The third-order valence-electron chi connectivity index (χ3n) is 3.90. The molecular formula is C14H17ClN2O3S. The van der Waals surface area contributed by atoms with Crippen LogP contribution in [0.15, 0.2) is 24.3 Å². The molecule has 1 aliphatic heterocycles. The molecule has 0 N–H and O–H groups in total. The van der Waals surface area contributed by atoms with Crippen LogP contribution in [-0.2, 0) is 10.0 Å². The maximum atomic E-state index is 12.4. The number of hydrogen-bond acceptors (Lipinski definition) is 3. The average molecular weight is 329 g/mol.